The lowest BCUT2D eigenvalue weighted by atomic mass is 10.1. The number of amides is 1. The molecule has 1 amide bonds. The molecule has 2 aromatic rings. The van der Waals surface area contributed by atoms with Gasteiger partial charge in [-0.15, -0.1) is 0 Å². The second-order valence-electron chi connectivity index (χ2n) is 5.87. The first-order valence-electron chi connectivity index (χ1n) is 7.92. The van der Waals surface area contributed by atoms with Crippen LogP contribution in [-0.4, -0.2) is 28.9 Å². The molecule has 0 radical (unpaired) electrons. The Morgan fingerprint density at radius 2 is 2.16 bits per heavy atom. The van der Waals surface area contributed by atoms with E-state index in [2.05, 4.69) is 15.3 Å². The molecule has 2 heterocycles. The minimum absolute atomic E-state index is 0.250. The quantitative estimate of drug-likeness (QED) is 0.802. The van der Waals surface area contributed by atoms with Crippen LogP contribution in [0.1, 0.15) is 40.2 Å². The van der Waals surface area contributed by atoms with E-state index >= 15 is 0 Å². The third-order valence-electron chi connectivity index (χ3n) is 3.80. The fraction of sp³-hybridized carbons (Fsp3) is 0.353. The summed E-state index contributed by atoms with van der Waals surface area (Å²) in [7, 11) is 0. The summed E-state index contributed by atoms with van der Waals surface area (Å²) in [6, 6.07) is 4.91. The number of carbonyl (C=O) groups is 1. The zero-order valence-corrected chi connectivity index (χ0v) is 13.4. The number of halogens is 2. The van der Waals surface area contributed by atoms with Crippen molar-refractivity contribution in [1.82, 2.24) is 15.3 Å². The Hall–Kier alpha value is -2.77. The largest absolute Gasteiger partial charge is 0.471 e. The highest BCUT2D eigenvalue weighted by atomic mass is 19.3. The van der Waals surface area contributed by atoms with Crippen molar-refractivity contribution in [3.63, 3.8) is 0 Å². The van der Waals surface area contributed by atoms with E-state index in [0.717, 1.165) is 24.0 Å². The number of nitrogens with two attached hydrogens (primary N) is 1. The van der Waals surface area contributed by atoms with E-state index in [1.54, 1.807) is 6.07 Å². The van der Waals surface area contributed by atoms with Gasteiger partial charge >= 0.3 is 0 Å². The standard InChI is InChI=1S/C17H18F2N4O2/c18-14(19)9-25-17-13(11-1-2-11)5-10(8-23-17)7-22-16(24)12-3-4-21-15(20)6-12/h3-6,8,11,14H,1-2,7,9H2,(H2,20,21)(H,22,24). The zero-order valence-electron chi connectivity index (χ0n) is 13.4. The Balaban J connectivity index is 1.66. The van der Waals surface area contributed by atoms with Crippen LogP contribution in [0.4, 0.5) is 14.6 Å². The number of nitrogens with zero attached hydrogens (tertiary/aromatic N) is 2. The zero-order chi connectivity index (χ0) is 17.8. The Bertz CT molecular complexity index is 766. The molecule has 3 rings (SSSR count). The maximum absolute atomic E-state index is 12.3. The molecule has 25 heavy (non-hydrogen) atoms. The first-order chi connectivity index (χ1) is 12.0. The number of hydrogen-bond acceptors (Lipinski definition) is 5. The van der Waals surface area contributed by atoms with Gasteiger partial charge in [0.15, 0.2) is 6.61 Å². The molecule has 3 N–H and O–H groups in total. The van der Waals surface area contributed by atoms with Crippen molar-refractivity contribution in [2.24, 2.45) is 0 Å². The number of hydrogen-bond donors (Lipinski definition) is 2. The average Bonchev–Trinajstić information content (AvgIpc) is 3.43. The maximum Gasteiger partial charge on any atom is 0.272 e. The van der Waals surface area contributed by atoms with Crippen LogP contribution in [0.15, 0.2) is 30.6 Å². The van der Waals surface area contributed by atoms with E-state index in [1.807, 2.05) is 6.07 Å². The molecule has 132 valence electrons. The number of nitrogen functional groups attached to an aromatic ring is 1. The van der Waals surface area contributed by atoms with E-state index in [9.17, 15) is 13.6 Å². The molecule has 1 aliphatic rings. The molecule has 0 unspecified atom stereocenters. The van der Waals surface area contributed by atoms with Crippen LogP contribution in [0.2, 0.25) is 0 Å². The molecular formula is C17H18F2N4O2. The highest BCUT2D eigenvalue weighted by Crippen LogP contribution is 2.43. The van der Waals surface area contributed by atoms with Crippen molar-refractivity contribution in [1.29, 1.82) is 0 Å². The van der Waals surface area contributed by atoms with Gasteiger partial charge in [0.25, 0.3) is 12.3 Å². The number of anilines is 1. The van der Waals surface area contributed by atoms with Gasteiger partial charge in [0.2, 0.25) is 5.88 Å². The second kappa shape index (κ2) is 7.42. The van der Waals surface area contributed by atoms with Crippen molar-refractivity contribution < 1.29 is 18.3 Å². The van der Waals surface area contributed by atoms with Crippen LogP contribution in [0.3, 0.4) is 0 Å². The van der Waals surface area contributed by atoms with Gasteiger partial charge in [0.1, 0.15) is 5.82 Å². The SMILES string of the molecule is Nc1cc(C(=O)NCc2cnc(OCC(F)F)c(C3CC3)c2)ccn1. The lowest BCUT2D eigenvalue weighted by Gasteiger charge is -2.12. The Kier molecular flexibility index (Phi) is 5.06. The highest BCUT2D eigenvalue weighted by molar-refractivity contribution is 5.94. The van der Waals surface area contributed by atoms with Crippen LogP contribution in [0.5, 0.6) is 5.88 Å². The smallest absolute Gasteiger partial charge is 0.272 e. The summed E-state index contributed by atoms with van der Waals surface area (Å²) in [6.45, 7) is -0.408. The third kappa shape index (κ3) is 4.62. The number of pyridine rings is 2. The van der Waals surface area contributed by atoms with Gasteiger partial charge in [0.05, 0.1) is 0 Å². The first-order valence-corrected chi connectivity index (χ1v) is 7.92. The van der Waals surface area contributed by atoms with Gasteiger partial charge in [-0.2, -0.15) is 0 Å². The van der Waals surface area contributed by atoms with Gasteiger partial charge < -0.3 is 15.8 Å². The van der Waals surface area contributed by atoms with Crippen molar-refractivity contribution in [3.05, 3.63) is 47.3 Å². The molecule has 1 fully saturated rings. The van der Waals surface area contributed by atoms with E-state index < -0.39 is 13.0 Å². The topological polar surface area (TPSA) is 90.1 Å². The highest BCUT2D eigenvalue weighted by Gasteiger charge is 2.28. The van der Waals surface area contributed by atoms with E-state index in [1.165, 1.54) is 18.5 Å². The average molecular weight is 348 g/mol. The molecule has 1 saturated carbocycles. The summed E-state index contributed by atoms with van der Waals surface area (Å²) in [5, 5.41) is 2.78. The molecule has 6 nitrogen and oxygen atoms in total. The number of alkyl halides is 2. The molecule has 1 aliphatic carbocycles. The second-order valence-corrected chi connectivity index (χ2v) is 5.87. The van der Waals surface area contributed by atoms with Crippen LogP contribution in [0.25, 0.3) is 0 Å². The van der Waals surface area contributed by atoms with Gasteiger partial charge in [-0.05, 0) is 42.5 Å². The van der Waals surface area contributed by atoms with Gasteiger partial charge in [-0.1, -0.05) is 0 Å². The summed E-state index contributed by atoms with van der Waals surface area (Å²) in [5.74, 6) is 0.529. The van der Waals surface area contributed by atoms with Crippen LogP contribution in [0, 0.1) is 0 Å². The molecular weight excluding hydrogens is 330 g/mol. The fourth-order valence-corrected chi connectivity index (χ4v) is 2.43. The van der Waals surface area contributed by atoms with E-state index in [0.29, 0.717) is 5.56 Å². The summed E-state index contributed by atoms with van der Waals surface area (Å²) >= 11 is 0. The Labute approximate surface area is 143 Å². The number of carbonyl (C=O) groups excluding carboxylic acids is 1. The van der Waals surface area contributed by atoms with Gasteiger partial charge in [-0.25, -0.2) is 18.7 Å². The molecule has 8 heteroatoms. The van der Waals surface area contributed by atoms with Crippen LogP contribution >= 0.6 is 0 Å². The van der Waals surface area contributed by atoms with Crippen LogP contribution < -0.4 is 15.8 Å². The molecule has 0 spiro atoms. The molecule has 0 saturated heterocycles. The monoisotopic (exact) mass is 348 g/mol. The Morgan fingerprint density at radius 3 is 2.84 bits per heavy atom. The summed E-state index contributed by atoms with van der Waals surface area (Å²) < 4.78 is 29.8. The van der Waals surface area contributed by atoms with Crippen molar-refractivity contribution >= 4 is 11.7 Å². The Morgan fingerprint density at radius 1 is 1.36 bits per heavy atom. The first kappa shape index (κ1) is 17.1. The van der Waals surface area contributed by atoms with Gasteiger partial charge in [0, 0.05) is 30.1 Å². The van der Waals surface area contributed by atoms with E-state index in [-0.39, 0.29) is 30.1 Å². The molecule has 0 aliphatic heterocycles. The lowest BCUT2D eigenvalue weighted by molar-refractivity contribution is 0.0790. The molecule has 0 bridgehead atoms. The molecule has 2 aromatic heterocycles. The summed E-state index contributed by atoms with van der Waals surface area (Å²) in [4.78, 5) is 20.1. The fourth-order valence-electron chi connectivity index (χ4n) is 2.43. The van der Waals surface area contributed by atoms with Gasteiger partial charge in [-0.3, -0.25) is 4.79 Å². The minimum Gasteiger partial charge on any atom is -0.471 e. The summed E-state index contributed by atoms with van der Waals surface area (Å²) in [6.07, 6.45) is 2.41. The predicted octanol–water partition coefficient (Wildman–Crippen LogP) is 2.51. The number of rotatable bonds is 7. The number of ether oxygens (including phenoxy) is 1. The normalized spacial score (nSPS) is 13.7. The van der Waals surface area contributed by atoms with E-state index in [4.69, 9.17) is 10.5 Å². The maximum atomic E-state index is 12.3. The van der Waals surface area contributed by atoms with Crippen molar-refractivity contribution in [3.8, 4) is 5.88 Å². The van der Waals surface area contributed by atoms with Crippen molar-refractivity contribution in [2.45, 2.75) is 31.7 Å². The third-order valence-corrected chi connectivity index (χ3v) is 3.80. The van der Waals surface area contributed by atoms with Crippen molar-refractivity contribution in [2.75, 3.05) is 12.3 Å². The molecule has 0 aromatic carbocycles. The minimum atomic E-state index is -2.54. The molecule has 0 atom stereocenters. The predicted molar refractivity (Wildman–Crippen MR) is 87.5 cm³/mol. The lowest BCUT2D eigenvalue weighted by Crippen LogP contribution is -2.23. The number of aromatic nitrogens is 2. The van der Waals surface area contributed by atoms with Crippen LogP contribution in [-0.2, 0) is 6.54 Å². The number of nitrogens with one attached hydrogen (secondary N) is 1. The summed E-state index contributed by atoms with van der Waals surface area (Å²) in [5.41, 5.74) is 7.58.